The summed E-state index contributed by atoms with van der Waals surface area (Å²) in [6.45, 7) is 0. The Morgan fingerprint density at radius 1 is 0.958 bits per heavy atom. The van der Waals surface area contributed by atoms with E-state index in [-0.39, 0.29) is 10.8 Å². The van der Waals surface area contributed by atoms with E-state index in [1.54, 1.807) is 5.32 Å². The van der Waals surface area contributed by atoms with Gasteiger partial charge in [0.05, 0.1) is 10.8 Å². The molecule has 0 aromatic heterocycles. The van der Waals surface area contributed by atoms with Crippen LogP contribution in [0.1, 0.15) is 0 Å². The molecule has 2 aromatic carbocycles. The van der Waals surface area contributed by atoms with Crippen molar-refractivity contribution in [1.29, 1.82) is 0 Å². The molecular formula is C14H6Cl2F5NOS. The van der Waals surface area contributed by atoms with Gasteiger partial charge in [0, 0.05) is 9.92 Å². The number of carbonyl (C=O) groups excluding carboxylic acids is 1. The number of anilines is 1. The molecule has 0 bridgehead atoms. The van der Waals surface area contributed by atoms with E-state index in [0.29, 0.717) is 9.92 Å². The Morgan fingerprint density at radius 2 is 1.50 bits per heavy atom. The van der Waals surface area contributed by atoms with Crippen LogP contribution in [0.4, 0.5) is 27.6 Å². The van der Waals surface area contributed by atoms with Crippen LogP contribution in [0.15, 0.2) is 23.1 Å². The van der Waals surface area contributed by atoms with Crippen LogP contribution in [0.3, 0.4) is 0 Å². The molecule has 0 aliphatic rings. The molecule has 0 spiro atoms. The molecule has 1 N–H and O–H groups in total. The van der Waals surface area contributed by atoms with Crippen molar-refractivity contribution in [1.82, 2.24) is 0 Å². The van der Waals surface area contributed by atoms with E-state index in [2.05, 4.69) is 0 Å². The number of carbonyl (C=O) groups is 1. The average Bonchev–Trinajstić information content (AvgIpc) is 2.56. The van der Waals surface area contributed by atoms with Crippen LogP contribution in [0, 0.1) is 29.1 Å². The highest BCUT2D eigenvalue weighted by Gasteiger charge is 2.26. The first-order chi connectivity index (χ1) is 11.2. The van der Waals surface area contributed by atoms with Crippen molar-refractivity contribution in [3.63, 3.8) is 0 Å². The second kappa shape index (κ2) is 7.58. The van der Waals surface area contributed by atoms with E-state index < -0.39 is 40.7 Å². The van der Waals surface area contributed by atoms with Crippen molar-refractivity contribution in [2.24, 2.45) is 0 Å². The first-order valence-electron chi connectivity index (χ1n) is 6.11. The third kappa shape index (κ3) is 3.93. The van der Waals surface area contributed by atoms with Gasteiger partial charge in [-0.1, -0.05) is 23.2 Å². The van der Waals surface area contributed by atoms with Crippen LogP contribution in [0.2, 0.25) is 10.0 Å². The van der Waals surface area contributed by atoms with Crippen LogP contribution >= 0.6 is 35.0 Å². The van der Waals surface area contributed by atoms with Crippen LogP contribution in [-0.2, 0) is 4.79 Å². The van der Waals surface area contributed by atoms with Gasteiger partial charge >= 0.3 is 0 Å². The zero-order valence-electron chi connectivity index (χ0n) is 11.4. The van der Waals surface area contributed by atoms with E-state index in [1.807, 2.05) is 0 Å². The molecule has 128 valence electrons. The summed E-state index contributed by atoms with van der Waals surface area (Å²) in [5, 5.41) is 2.29. The summed E-state index contributed by atoms with van der Waals surface area (Å²) in [5.74, 6) is -12.2. The molecule has 2 rings (SSSR count). The van der Waals surface area contributed by atoms with E-state index in [9.17, 15) is 26.7 Å². The molecule has 2 nitrogen and oxygen atoms in total. The van der Waals surface area contributed by atoms with Crippen molar-refractivity contribution in [2.45, 2.75) is 4.90 Å². The molecule has 2 aromatic rings. The largest absolute Gasteiger partial charge is 0.320 e. The molecule has 0 radical (unpaired) electrons. The minimum absolute atomic E-state index is 0.286. The molecule has 0 heterocycles. The number of hydrogen-bond acceptors (Lipinski definition) is 2. The fourth-order valence-corrected chi connectivity index (χ4v) is 2.91. The maximum Gasteiger partial charge on any atom is 0.234 e. The molecule has 0 saturated heterocycles. The summed E-state index contributed by atoms with van der Waals surface area (Å²) in [7, 11) is 0. The van der Waals surface area contributed by atoms with E-state index in [4.69, 9.17) is 23.2 Å². The summed E-state index contributed by atoms with van der Waals surface area (Å²) >= 11 is 12.5. The Balaban J connectivity index is 2.15. The summed E-state index contributed by atoms with van der Waals surface area (Å²) in [6, 6.07) is 4.46. The lowest BCUT2D eigenvalue weighted by Gasteiger charge is -2.10. The van der Waals surface area contributed by atoms with Gasteiger partial charge in [0.25, 0.3) is 0 Å². The normalized spacial score (nSPS) is 10.8. The SMILES string of the molecule is O=C(CSc1cc(Cl)ccc1Cl)Nc1c(F)c(F)c(F)c(F)c1F. The van der Waals surface area contributed by atoms with Crippen molar-refractivity contribution < 1.29 is 26.7 Å². The molecule has 0 aliphatic heterocycles. The minimum Gasteiger partial charge on any atom is -0.320 e. The van der Waals surface area contributed by atoms with Gasteiger partial charge in [-0.25, -0.2) is 22.0 Å². The average molecular weight is 402 g/mol. The molecule has 0 fully saturated rings. The Bertz CT molecular complexity index is 789. The molecule has 0 unspecified atom stereocenters. The van der Waals surface area contributed by atoms with Crippen LogP contribution in [0.5, 0.6) is 0 Å². The van der Waals surface area contributed by atoms with Gasteiger partial charge in [-0.2, -0.15) is 0 Å². The number of amides is 1. The molecular weight excluding hydrogens is 396 g/mol. The van der Waals surface area contributed by atoms with Gasteiger partial charge in [0.2, 0.25) is 11.7 Å². The summed E-state index contributed by atoms with van der Waals surface area (Å²) < 4.78 is 65.9. The molecule has 0 aliphatic carbocycles. The number of halogens is 7. The van der Waals surface area contributed by atoms with Crippen LogP contribution < -0.4 is 5.32 Å². The number of nitrogens with one attached hydrogen (secondary N) is 1. The standard InChI is InChI=1S/C14H6Cl2F5NOS/c15-5-1-2-6(16)7(3-5)24-4-8(23)22-14-12(20)10(18)9(17)11(19)13(14)21/h1-3H,4H2,(H,22,23). The van der Waals surface area contributed by atoms with Crippen LogP contribution in [0.25, 0.3) is 0 Å². The quantitative estimate of drug-likeness (QED) is 0.320. The fraction of sp³-hybridized carbons (Fsp3) is 0.0714. The van der Waals surface area contributed by atoms with E-state index in [1.165, 1.54) is 18.2 Å². The highest BCUT2D eigenvalue weighted by molar-refractivity contribution is 8.00. The number of thioether (sulfide) groups is 1. The Morgan fingerprint density at radius 3 is 2.08 bits per heavy atom. The van der Waals surface area contributed by atoms with Gasteiger partial charge in [-0.3, -0.25) is 4.79 Å². The molecule has 0 atom stereocenters. The third-order valence-corrected chi connectivity index (χ3v) is 4.46. The first-order valence-corrected chi connectivity index (χ1v) is 7.85. The highest BCUT2D eigenvalue weighted by atomic mass is 35.5. The Kier molecular flexibility index (Phi) is 5.95. The zero-order chi connectivity index (χ0) is 18.0. The van der Waals surface area contributed by atoms with Crippen molar-refractivity contribution in [2.75, 3.05) is 11.1 Å². The first kappa shape index (κ1) is 18.8. The van der Waals surface area contributed by atoms with Gasteiger partial charge in [0.15, 0.2) is 23.3 Å². The molecule has 1 amide bonds. The second-order valence-corrected chi connectivity index (χ2v) is 6.22. The maximum atomic E-state index is 13.5. The van der Waals surface area contributed by atoms with Crippen molar-refractivity contribution >= 4 is 46.6 Å². The predicted molar refractivity (Wildman–Crippen MR) is 82.0 cm³/mol. The van der Waals surface area contributed by atoms with Gasteiger partial charge in [0.1, 0.15) is 5.69 Å². The predicted octanol–water partition coefficient (Wildman–Crippen LogP) is 5.42. The lowest BCUT2D eigenvalue weighted by molar-refractivity contribution is -0.113. The van der Waals surface area contributed by atoms with Gasteiger partial charge in [-0.15, -0.1) is 11.8 Å². The minimum atomic E-state index is -2.30. The smallest absolute Gasteiger partial charge is 0.234 e. The summed E-state index contributed by atoms with van der Waals surface area (Å²) in [4.78, 5) is 12.1. The molecule has 24 heavy (non-hydrogen) atoms. The lowest BCUT2D eigenvalue weighted by atomic mass is 10.2. The Labute approximate surface area is 146 Å². The molecule has 0 saturated carbocycles. The zero-order valence-corrected chi connectivity index (χ0v) is 13.7. The number of rotatable bonds is 4. The highest BCUT2D eigenvalue weighted by Crippen LogP contribution is 2.31. The number of benzene rings is 2. The monoisotopic (exact) mass is 401 g/mol. The number of hydrogen-bond donors (Lipinski definition) is 1. The van der Waals surface area contributed by atoms with Gasteiger partial charge < -0.3 is 5.32 Å². The van der Waals surface area contributed by atoms with E-state index in [0.717, 1.165) is 11.8 Å². The fourth-order valence-electron chi connectivity index (χ4n) is 1.62. The summed E-state index contributed by atoms with van der Waals surface area (Å²) in [6.07, 6.45) is 0. The van der Waals surface area contributed by atoms with Crippen molar-refractivity contribution in [3.05, 3.63) is 57.3 Å². The summed E-state index contributed by atoms with van der Waals surface area (Å²) in [5.41, 5.74) is -1.41. The lowest BCUT2D eigenvalue weighted by Crippen LogP contribution is -2.18. The van der Waals surface area contributed by atoms with E-state index >= 15 is 0 Å². The van der Waals surface area contributed by atoms with Gasteiger partial charge in [-0.05, 0) is 18.2 Å². The van der Waals surface area contributed by atoms with Crippen molar-refractivity contribution in [3.8, 4) is 0 Å². The third-order valence-electron chi connectivity index (χ3n) is 2.73. The second-order valence-electron chi connectivity index (χ2n) is 4.36. The maximum absolute atomic E-state index is 13.5. The Hall–Kier alpha value is -1.51. The van der Waals surface area contributed by atoms with Crippen LogP contribution in [-0.4, -0.2) is 11.7 Å². The topological polar surface area (TPSA) is 29.1 Å². The molecule has 10 heteroatoms.